The molecule has 1 aliphatic heterocycles. The maximum atomic E-state index is 12.0. The first-order valence-corrected chi connectivity index (χ1v) is 7.54. The minimum atomic E-state index is -3.15. The molecule has 3 rings (SSSR count). The lowest BCUT2D eigenvalue weighted by atomic mass is 10.1. The predicted octanol–water partition coefficient (Wildman–Crippen LogP) is 1.21. The van der Waals surface area contributed by atoms with Crippen molar-refractivity contribution in [3.8, 4) is 0 Å². The number of aromatic amines is 1. The zero-order valence-corrected chi connectivity index (χ0v) is 10.8. The monoisotopic (exact) mass is 276 g/mol. The van der Waals surface area contributed by atoms with Crippen LogP contribution < -0.4 is 5.32 Å². The molecule has 19 heavy (non-hydrogen) atoms. The fraction of sp³-hybridized carbons (Fsp3) is 0.154. The largest absolute Gasteiger partial charge is 0.361 e. The summed E-state index contributed by atoms with van der Waals surface area (Å²) in [6.45, 7) is 0. The summed E-state index contributed by atoms with van der Waals surface area (Å²) in [6.07, 6.45) is 3.30. The summed E-state index contributed by atoms with van der Waals surface area (Å²) in [6, 6.07) is 6.79. The first-order valence-electron chi connectivity index (χ1n) is 5.82. The van der Waals surface area contributed by atoms with Crippen LogP contribution in [0.5, 0.6) is 0 Å². The van der Waals surface area contributed by atoms with Gasteiger partial charge < -0.3 is 10.3 Å². The van der Waals surface area contributed by atoms with Crippen molar-refractivity contribution in [1.29, 1.82) is 0 Å². The molecular weight excluding hydrogens is 264 g/mol. The van der Waals surface area contributed by atoms with Crippen LogP contribution in [-0.2, 0) is 9.84 Å². The van der Waals surface area contributed by atoms with Gasteiger partial charge in [-0.05, 0) is 29.7 Å². The van der Waals surface area contributed by atoms with E-state index in [9.17, 15) is 13.2 Å². The number of fused-ring (bicyclic) bond motifs is 1. The Balaban J connectivity index is 1.79. The van der Waals surface area contributed by atoms with E-state index in [0.29, 0.717) is 5.56 Å². The van der Waals surface area contributed by atoms with Crippen LogP contribution >= 0.6 is 0 Å². The number of hydrogen-bond donors (Lipinski definition) is 2. The van der Waals surface area contributed by atoms with Gasteiger partial charge in [-0.3, -0.25) is 4.79 Å². The van der Waals surface area contributed by atoms with E-state index in [1.165, 1.54) is 6.08 Å². The number of sulfone groups is 1. The highest BCUT2D eigenvalue weighted by molar-refractivity contribution is 7.94. The lowest BCUT2D eigenvalue weighted by molar-refractivity contribution is 0.0948. The molecule has 0 bridgehead atoms. The van der Waals surface area contributed by atoms with Crippen molar-refractivity contribution in [2.45, 2.75) is 6.04 Å². The van der Waals surface area contributed by atoms with Crippen LogP contribution in [0, 0.1) is 0 Å². The summed E-state index contributed by atoms with van der Waals surface area (Å²) in [5, 5.41) is 4.86. The molecule has 0 spiro atoms. The van der Waals surface area contributed by atoms with Gasteiger partial charge in [0.15, 0.2) is 9.84 Å². The average Bonchev–Trinajstić information content (AvgIpc) is 2.94. The van der Waals surface area contributed by atoms with Crippen molar-refractivity contribution < 1.29 is 13.2 Å². The van der Waals surface area contributed by atoms with Gasteiger partial charge >= 0.3 is 0 Å². The Morgan fingerprint density at radius 2 is 2.16 bits per heavy atom. The molecule has 1 aromatic carbocycles. The van der Waals surface area contributed by atoms with Crippen LogP contribution in [0.2, 0.25) is 0 Å². The number of carbonyl (C=O) groups excluding carboxylic acids is 1. The van der Waals surface area contributed by atoms with Crippen molar-refractivity contribution in [2.75, 3.05) is 5.75 Å². The molecule has 1 aromatic heterocycles. The fourth-order valence-corrected chi connectivity index (χ4v) is 3.34. The summed E-state index contributed by atoms with van der Waals surface area (Å²) in [7, 11) is -3.15. The summed E-state index contributed by atoms with van der Waals surface area (Å²) >= 11 is 0. The van der Waals surface area contributed by atoms with Gasteiger partial charge in [-0.25, -0.2) is 8.42 Å². The molecule has 98 valence electrons. The van der Waals surface area contributed by atoms with E-state index in [1.807, 2.05) is 12.1 Å². The number of hydrogen-bond acceptors (Lipinski definition) is 3. The molecular formula is C13H12N2O3S. The van der Waals surface area contributed by atoms with E-state index >= 15 is 0 Å². The molecule has 0 radical (unpaired) electrons. The second kappa shape index (κ2) is 4.24. The lowest BCUT2D eigenvalue weighted by Gasteiger charge is -2.09. The Labute approximate surface area is 110 Å². The molecule has 5 nitrogen and oxygen atoms in total. The highest BCUT2D eigenvalue weighted by Crippen LogP contribution is 2.15. The van der Waals surface area contributed by atoms with Crippen LogP contribution in [0.4, 0.5) is 0 Å². The number of rotatable bonds is 2. The van der Waals surface area contributed by atoms with Gasteiger partial charge in [0.1, 0.15) is 0 Å². The minimum Gasteiger partial charge on any atom is -0.361 e. The molecule has 1 amide bonds. The van der Waals surface area contributed by atoms with Gasteiger partial charge in [0.05, 0.1) is 11.8 Å². The standard InChI is InChI=1S/C13H12N2O3S/c16-13(15-11-4-6-19(17,18)8-11)10-2-1-9-3-5-14-12(9)7-10/h1-7,11,14H,8H2,(H,15,16). The molecule has 2 heterocycles. The van der Waals surface area contributed by atoms with Gasteiger partial charge in [0.25, 0.3) is 5.91 Å². The van der Waals surface area contributed by atoms with E-state index in [1.54, 1.807) is 18.3 Å². The third-order valence-corrected chi connectivity index (χ3v) is 4.46. The third-order valence-electron chi connectivity index (χ3n) is 3.06. The molecule has 0 saturated heterocycles. The van der Waals surface area contributed by atoms with Crippen molar-refractivity contribution in [3.63, 3.8) is 0 Å². The van der Waals surface area contributed by atoms with Crippen LogP contribution in [0.15, 0.2) is 41.9 Å². The van der Waals surface area contributed by atoms with E-state index < -0.39 is 15.9 Å². The first kappa shape index (κ1) is 12.0. The van der Waals surface area contributed by atoms with Crippen molar-refractivity contribution >= 4 is 26.6 Å². The Hall–Kier alpha value is -2.08. The quantitative estimate of drug-likeness (QED) is 0.865. The molecule has 0 saturated carbocycles. The number of aromatic nitrogens is 1. The van der Waals surface area contributed by atoms with Gasteiger partial charge in [-0.1, -0.05) is 6.07 Å². The Bertz CT molecular complexity index is 774. The van der Waals surface area contributed by atoms with Gasteiger partial charge in [-0.2, -0.15) is 0 Å². The normalized spacial score (nSPS) is 20.7. The summed E-state index contributed by atoms with van der Waals surface area (Å²) in [5.41, 5.74) is 1.38. The SMILES string of the molecule is O=C(NC1C=CS(=O)(=O)C1)c1ccc2cc[nH]c2c1. The third kappa shape index (κ3) is 2.39. The lowest BCUT2D eigenvalue weighted by Crippen LogP contribution is -2.35. The highest BCUT2D eigenvalue weighted by Gasteiger charge is 2.23. The molecule has 2 aromatic rings. The van der Waals surface area contributed by atoms with Crippen molar-refractivity contribution in [1.82, 2.24) is 10.3 Å². The number of nitrogens with one attached hydrogen (secondary N) is 2. The molecule has 1 aliphatic rings. The van der Waals surface area contributed by atoms with Gasteiger partial charge in [0.2, 0.25) is 0 Å². The highest BCUT2D eigenvalue weighted by atomic mass is 32.2. The number of benzene rings is 1. The summed E-state index contributed by atoms with van der Waals surface area (Å²) < 4.78 is 22.5. The van der Waals surface area contributed by atoms with Crippen LogP contribution in [0.1, 0.15) is 10.4 Å². The summed E-state index contributed by atoms with van der Waals surface area (Å²) in [4.78, 5) is 15.1. The van der Waals surface area contributed by atoms with Crippen molar-refractivity contribution in [3.05, 3.63) is 47.5 Å². The first-order chi connectivity index (χ1) is 9.03. The van der Waals surface area contributed by atoms with Crippen LogP contribution in [-0.4, -0.2) is 31.1 Å². The number of amides is 1. The Morgan fingerprint density at radius 3 is 2.89 bits per heavy atom. The topological polar surface area (TPSA) is 79.0 Å². The second-order valence-corrected chi connectivity index (χ2v) is 6.45. The zero-order chi connectivity index (χ0) is 13.5. The average molecular weight is 276 g/mol. The maximum absolute atomic E-state index is 12.0. The fourth-order valence-electron chi connectivity index (χ4n) is 2.11. The Kier molecular flexibility index (Phi) is 2.67. The molecule has 0 aliphatic carbocycles. The second-order valence-electron chi connectivity index (χ2n) is 4.52. The van der Waals surface area contributed by atoms with Gasteiger partial charge in [0, 0.05) is 22.7 Å². The minimum absolute atomic E-state index is 0.0660. The van der Waals surface area contributed by atoms with Crippen LogP contribution in [0.3, 0.4) is 0 Å². The molecule has 2 N–H and O–H groups in total. The molecule has 6 heteroatoms. The predicted molar refractivity (Wildman–Crippen MR) is 72.5 cm³/mol. The number of H-pyrrole nitrogens is 1. The van der Waals surface area contributed by atoms with E-state index in [-0.39, 0.29) is 11.7 Å². The zero-order valence-electron chi connectivity index (χ0n) is 9.96. The Morgan fingerprint density at radius 1 is 1.32 bits per heavy atom. The van der Waals surface area contributed by atoms with Gasteiger partial charge in [-0.15, -0.1) is 0 Å². The molecule has 0 fully saturated rings. The summed E-state index contributed by atoms with van der Waals surface area (Å²) in [5.74, 6) is -0.341. The van der Waals surface area contributed by atoms with E-state index in [2.05, 4.69) is 10.3 Å². The van der Waals surface area contributed by atoms with E-state index in [0.717, 1.165) is 16.3 Å². The molecule has 1 atom stereocenters. The van der Waals surface area contributed by atoms with E-state index in [4.69, 9.17) is 0 Å². The van der Waals surface area contributed by atoms with Crippen molar-refractivity contribution in [2.24, 2.45) is 0 Å². The number of carbonyl (C=O) groups is 1. The maximum Gasteiger partial charge on any atom is 0.251 e. The molecule has 1 unspecified atom stereocenters. The van der Waals surface area contributed by atoms with Crippen LogP contribution in [0.25, 0.3) is 10.9 Å². The smallest absolute Gasteiger partial charge is 0.251 e.